The third-order valence-corrected chi connectivity index (χ3v) is 3.92. The molecule has 0 aliphatic carbocycles. The Hall–Kier alpha value is -3.23. The molecule has 0 radical (unpaired) electrons. The topological polar surface area (TPSA) is 123 Å². The van der Waals surface area contributed by atoms with Crippen molar-refractivity contribution in [3.63, 3.8) is 0 Å². The van der Waals surface area contributed by atoms with Gasteiger partial charge in [-0.1, -0.05) is 31.5 Å². The summed E-state index contributed by atoms with van der Waals surface area (Å²) in [4.78, 5) is 38.8. The Kier molecular flexibility index (Phi) is 6.86. The van der Waals surface area contributed by atoms with Gasteiger partial charge in [0.05, 0.1) is 0 Å². The number of carbonyl (C=O) groups excluding carboxylic acids is 2. The van der Waals surface area contributed by atoms with Crippen LogP contribution >= 0.6 is 0 Å². The van der Waals surface area contributed by atoms with E-state index in [2.05, 4.69) is 20.3 Å². The van der Waals surface area contributed by atoms with Gasteiger partial charge in [0.15, 0.2) is 12.4 Å². The van der Waals surface area contributed by atoms with Crippen LogP contribution in [0.2, 0.25) is 0 Å². The highest BCUT2D eigenvalue weighted by Crippen LogP contribution is 2.11. The molecule has 3 N–H and O–H groups in total. The molecule has 9 heteroatoms. The standard InChI is InChI=1S/C19H26N6O3/c1-11(2)15(23-16(26)13-8-6-7-12(3)9-13)17(27)28-10-14-21-18(20)24-19(22-14)25(4)5/h6-9,11,15H,10H2,1-5H3,(H,23,26)(H2,20,21,22,24). The zero-order chi connectivity index (χ0) is 20.8. The number of esters is 1. The molecule has 28 heavy (non-hydrogen) atoms. The maximum absolute atomic E-state index is 12.5. The minimum absolute atomic E-state index is 0.0397. The molecule has 1 atom stereocenters. The number of anilines is 2. The molecule has 0 bridgehead atoms. The van der Waals surface area contributed by atoms with E-state index in [4.69, 9.17) is 10.5 Å². The molecule has 0 fully saturated rings. The second-order valence-electron chi connectivity index (χ2n) is 6.98. The van der Waals surface area contributed by atoms with Crippen molar-refractivity contribution in [1.82, 2.24) is 20.3 Å². The van der Waals surface area contributed by atoms with Crippen LogP contribution in [0, 0.1) is 12.8 Å². The minimum Gasteiger partial charge on any atom is -0.456 e. The Balaban J connectivity index is 2.06. The number of carbonyl (C=O) groups is 2. The van der Waals surface area contributed by atoms with Gasteiger partial charge >= 0.3 is 5.97 Å². The van der Waals surface area contributed by atoms with Crippen LogP contribution in [0.15, 0.2) is 24.3 Å². The number of nitrogen functional groups attached to an aromatic ring is 1. The van der Waals surface area contributed by atoms with Crippen molar-refractivity contribution in [2.45, 2.75) is 33.4 Å². The van der Waals surface area contributed by atoms with Crippen molar-refractivity contribution in [2.75, 3.05) is 24.7 Å². The second kappa shape index (κ2) is 9.12. The summed E-state index contributed by atoms with van der Waals surface area (Å²) in [6, 6.07) is 6.34. The summed E-state index contributed by atoms with van der Waals surface area (Å²) < 4.78 is 5.32. The number of benzene rings is 1. The fourth-order valence-electron chi connectivity index (χ4n) is 2.42. The molecule has 2 aromatic rings. The summed E-state index contributed by atoms with van der Waals surface area (Å²) in [5.41, 5.74) is 7.11. The lowest BCUT2D eigenvalue weighted by molar-refractivity contribution is -0.148. The lowest BCUT2D eigenvalue weighted by atomic mass is 10.0. The summed E-state index contributed by atoms with van der Waals surface area (Å²) >= 11 is 0. The molecule has 0 spiro atoms. The van der Waals surface area contributed by atoms with Crippen LogP contribution in [0.4, 0.5) is 11.9 Å². The Bertz CT molecular complexity index is 853. The highest BCUT2D eigenvalue weighted by Gasteiger charge is 2.26. The summed E-state index contributed by atoms with van der Waals surface area (Å²) in [5.74, 6) is -0.427. The summed E-state index contributed by atoms with van der Waals surface area (Å²) in [5, 5.41) is 2.74. The van der Waals surface area contributed by atoms with Gasteiger partial charge in [0.1, 0.15) is 6.04 Å². The van der Waals surface area contributed by atoms with E-state index >= 15 is 0 Å². The van der Waals surface area contributed by atoms with Crippen LogP contribution in [-0.2, 0) is 16.1 Å². The Morgan fingerprint density at radius 2 is 1.93 bits per heavy atom. The van der Waals surface area contributed by atoms with Gasteiger partial charge in [-0.25, -0.2) is 4.79 Å². The number of hydrogen-bond donors (Lipinski definition) is 2. The molecule has 1 aromatic carbocycles. The third kappa shape index (κ3) is 5.63. The number of aryl methyl sites for hydroxylation is 1. The highest BCUT2D eigenvalue weighted by molar-refractivity contribution is 5.97. The molecule has 150 valence electrons. The van der Waals surface area contributed by atoms with Crippen molar-refractivity contribution in [2.24, 2.45) is 5.92 Å². The number of aromatic nitrogens is 3. The Morgan fingerprint density at radius 3 is 2.54 bits per heavy atom. The van der Waals surface area contributed by atoms with Crippen LogP contribution in [-0.4, -0.2) is 47.0 Å². The first kappa shape index (κ1) is 21.1. The van der Waals surface area contributed by atoms with E-state index < -0.39 is 12.0 Å². The summed E-state index contributed by atoms with van der Waals surface area (Å²) in [7, 11) is 3.53. The number of nitrogens with one attached hydrogen (secondary N) is 1. The van der Waals surface area contributed by atoms with Gasteiger partial charge in [-0.05, 0) is 25.0 Å². The molecule has 9 nitrogen and oxygen atoms in total. The molecule has 0 aliphatic rings. The van der Waals surface area contributed by atoms with Crippen LogP contribution in [0.3, 0.4) is 0 Å². The van der Waals surface area contributed by atoms with Crippen molar-refractivity contribution >= 4 is 23.8 Å². The van der Waals surface area contributed by atoms with Gasteiger partial charge in [0.25, 0.3) is 5.91 Å². The predicted molar refractivity (Wildman–Crippen MR) is 106 cm³/mol. The van der Waals surface area contributed by atoms with Crippen molar-refractivity contribution in [3.05, 3.63) is 41.2 Å². The molecule has 0 aliphatic heterocycles. The van der Waals surface area contributed by atoms with Crippen molar-refractivity contribution < 1.29 is 14.3 Å². The summed E-state index contributed by atoms with van der Waals surface area (Å²) in [6.45, 7) is 5.38. The molecular formula is C19H26N6O3. The second-order valence-corrected chi connectivity index (χ2v) is 6.98. The number of nitrogens with zero attached hydrogens (tertiary/aromatic N) is 4. The maximum atomic E-state index is 12.5. The quantitative estimate of drug-likeness (QED) is 0.683. The van der Waals surface area contributed by atoms with E-state index in [1.165, 1.54) is 0 Å². The van der Waals surface area contributed by atoms with E-state index in [1.54, 1.807) is 37.2 Å². The van der Waals surface area contributed by atoms with Crippen molar-refractivity contribution in [1.29, 1.82) is 0 Å². The monoisotopic (exact) mass is 386 g/mol. The van der Waals surface area contributed by atoms with Gasteiger partial charge in [-0.15, -0.1) is 0 Å². The average Bonchev–Trinajstić information content (AvgIpc) is 2.63. The van der Waals surface area contributed by atoms with E-state index in [0.29, 0.717) is 11.5 Å². The van der Waals surface area contributed by atoms with Gasteiger partial charge < -0.3 is 20.7 Å². The first-order chi connectivity index (χ1) is 13.2. The molecule has 2 rings (SSSR count). The highest BCUT2D eigenvalue weighted by atomic mass is 16.5. The van der Waals surface area contributed by atoms with E-state index in [1.807, 2.05) is 26.8 Å². The predicted octanol–water partition coefficient (Wildman–Crippen LogP) is 1.33. The van der Waals surface area contributed by atoms with Crippen LogP contribution in [0.25, 0.3) is 0 Å². The van der Waals surface area contributed by atoms with Crippen LogP contribution in [0.5, 0.6) is 0 Å². The SMILES string of the molecule is Cc1cccc(C(=O)NC(C(=O)OCc2nc(N)nc(N(C)C)n2)C(C)C)c1. The number of nitrogens with two attached hydrogens (primary N) is 1. The Morgan fingerprint density at radius 1 is 1.21 bits per heavy atom. The van der Waals surface area contributed by atoms with Crippen LogP contribution < -0.4 is 16.0 Å². The van der Waals surface area contributed by atoms with Gasteiger partial charge in [0, 0.05) is 19.7 Å². The van der Waals surface area contributed by atoms with Gasteiger partial charge in [-0.3, -0.25) is 4.79 Å². The van der Waals surface area contributed by atoms with Crippen molar-refractivity contribution in [3.8, 4) is 0 Å². The number of amides is 1. The maximum Gasteiger partial charge on any atom is 0.329 e. The number of hydrogen-bond acceptors (Lipinski definition) is 8. The fraction of sp³-hybridized carbons (Fsp3) is 0.421. The van der Waals surface area contributed by atoms with E-state index in [9.17, 15) is 9.59 Å². The van der Waals surface area contributed by atoms with Crippen LogP contribution in [0.1, 0.15) is 35.6 Å². The first-order valence-electron chi connectivity index (χ1n) is 8.89. The lowest BCUT2D eigenvalue weighted by Crippen LogP contribution is -2.45. The molecule has 0 saturated carbocycles. The molecule has 1 amide bonds. The molecular weight excluding hydrogens is 360 g/mol. The largest absolute Gasteiger partial charge is 0.456 e. The normalized spacial score (nSPS) is 11.8. The molecule has 1 aromatic heterocycles. The lowest BCUT2D eigenvalue weighted by Gasteiger charge is -2.21. The van der Waals surface area contributed by atoms with E-state index in [-0.39, 0.29) is 30.2 Å². The van der Waals surface area contributed by atoms with E-state index in [0.717, 1.165) is 5.56 Å². The zero-order valence-electron chi connectivity index (χ0n) is 16.8. The Labute approximate surface area is 164 Å². The molecule has 1 heterocycles. The zero-order valence-corrected chi connectivity index (χ0v) is 16.8. The average molecular weight is 386 g/mol. The summed E-state index contributed by atoms with van der Waals surface area (Å²) in [6.07, 6.45) is 0. The molecule has 1 unspecified atom stereocenters. The molecule has 0 saturated heterocycles. The minimum atomic E-state index is -0.805. The number of ether oxygens (including phenoxy) is 1. The van der Waals surface area contributed by atoms with Gasteiger partial charge in [-0.2, -0.15) is 15.0 Å². The first-order valence-corrected chi connectivity index (χ1v) is 8.89. The number of rotatable bonds is 7. The smallest absolute Gasteiger partial charge is 0.329 e. The fourth-order valence-corrected chi connectivity index (χ4v) is 2.42. The third-order valence-electron chi connectivity index (χ3n) is 3.92. The van der Waals surface area contributed by atoms with Gasteiger partial charge in [0.2, 0.25) is 11.9 Å².